The molecule has 0 aliphatic carbocycles. The molecule has 1 amide bonds. The van der Waals surface area contributed by atoms with Gasteiger partial charge in [0.05, 0.1) is 6.61 Å². The number of nitrogens with zero attached hydrogens (tertiary/aromatic N) is 1. The summed E-state index contributed by atoms with van der Waals surface area (Å²) in [5.41, 5.74) is -0.427. The summed E-state index contributed by atoms with van der Waals surface area (Å²) in [7, 11) is 0. The van der Waals surface area contributed by atoms with Crippen molar-refractivity contribution >= 4 is 6.09 Å². The van der Waals surface area contributed by atoms with Crippen molar-refractivity contribution in [2.24, 2.45) is 0 Å². The molecule has 1 aliphatic rings. The second-order valence-corrected chi connectivity index (χ2v) is 4.25. The smallest absolute Gasteiger partial charge is 0.410 e. The molecule has 1 heterocycles. The molecule has 1 saturated heterocycles. The summed E-state index contributed by atoms with van der Waals surface area (Å²) in [6.45, 7) is 6.33. The van der Waals surface area contributed by atoms with E-state index in [9.17, 15) is 9.18 Å². The number of piperidine rings is 1. The van der Waals surface area contributed by atoms with Gasteiger partial charge >= 0.3 is 6.09 Å². The Morgan fingerprint density at radius 3 is 2.79 bits per heavy atom. The molecule has 0 spiro atoms. The second-order valence-electron chi connectivity index (χ2n) is 4.25. The van der Waals surface area contributed by atoms with Crippen molar-refractivity contribution in [2.45, 2.75) is 45.3 Å². The van der Waals surface area contributed by atoms with Crippen LogP contribution in [0.15, 0.2) is 0 Å². The van der Waals surface area contributed by atoms with Crippen molar-refractivity contribution < 1.29 is 13.9 Å². The maximum Gasteiger partial charge on any atom is 0.410 e. The van der Waals surface area contributed by atoms with Crippen LogP contribution in [0.2, 0.25) is 0 Å². The predicted molar refractivity (Wildman–Crippen MR) is 51.9 cm³/mol. The first-order chi connectivity index (χ1) is 6.47. The number of likely N-dealkylation sites (tertiary alicyclic amines) is 1. The van der Waals surface area contributed by atoms with E-state index < -0.39 is 11.7 Å². The molecule has 82 valence electrons. The Bertz CT molecular complexity index is 218. The number of amides is 1. The minimum Gasteiger partial charge on any atom is -0.450 e. The van der Waals surface area contributed by atoms with Crippen LogP contribution in [0.1, 0.15) is 33.6 Å². The van der Waals surface area contributed by atoms with Gasteiger partial charge in [-0.3, -0.25) is 0 Å². The molecule has 14 heavy (non-hydrogen) atoms. The van der Waals surface area contributed by atoms with E-state index in [0.29, 0.717) is 26.0 Å². The highest BCUT2D eigenvalue weighted by Gasteiger charge is 2.38. The van der Waals surface area contributed by atoms with Crippen molar-refractivity contribution in [3.8, 4) is 0 Å². The maximum absolute atomic E-state index is 13.1. The summed E-state index contributed by atoms with van der Waals surface area (Å²) in [6, 6.07) is 0. The summed E-state index contributed by atoms with van der Waals surface area (Å²) in [6.07, 6.45) is -0.311. The van der Waals surface area contributed by atoms with Crippen molar-refractivity contribution in [3.05, 3.63) is 0 Å². The molecule has 0 N–H and O–H groups in total. The maximum atomic E-state index is 13.1. The number of hydrogen-bond donors (Lipinski definition) is 0. The van der Waals surface area contributed by atoms with Crippen LogP contribution < -0.4 is 0 Å². The van der Waals surface area contributed by atoms with Crippen LogP contribution >= 0.6 is 0 Å². The topological polar surface area (TPSA) is 29.5 Å². The van der Waals surface area contributed by atoms with Gasteiger partial charge in [-0.05, 0) is 27.2 Å². The first-order valence-electron chi connectivity index (χ1n) is 5.06. The lowest BCUT2D eigenvalue weighted by atomic mass is 9.90. The van der Waals surface area contributed by atoms with E-state index >= 15 is 0 Å². The zero-order valence-electron chi connectivity index (χ0n) is 9.05. The van der Waals surface area contributed by atoms with Gasteiger partial charge < -0.3 is 9.64 Å². The zero-order chi connectivity index (χ0) is 10.8. The van der Waals surface area contributed by atoms with Gasteiger partial charge in [0.15, 0.2) is 0 Å². The Morgan fingerprint density at radius 2 is 2.29 bits per heavy atom. The van der Waals surface area contributed by atoms with Crippen LogP contribution in [0, 0.1) is 0 Å². The first-order valence-corrected chi connectivity index (χ1v) is 5.06. The molecule has 0 saturated carbocycles. The monoisotopic (exact) mass is 203 g/mol. The SMILES string of the molecule is CCOC(=O)N1CCC(F)CC1(C)C. The Hall–Kier alpha value is -0.800. The van der Waals surface area contributed by atoms with Crippen molar-refractivity contribution in [1.82, 2.24) is 4.90 Å². The van der Waals surface area contributed by atoms with Gasteiger partial charge in [-0.2, -0.15) is 0 Å². The number of rotatable bonds is 1. The number of carbonyl (C=O) groups is 1. The van der Waals surface area contributed by atoms with E-state index in [0.717, 1.165) is 0 Å². The molecule has 3 nitrogen and oxygen atoms in total. The van der Waals surface area contributed by atoms with Crippen LogP contribution in [-0.2, 0) is 4.74 Å². The molecule has 1 unspecified atom stereocenters. The molecule has 1 fully saturated rings. The average molecular weight is 203 g/mol. The van der Waals surface area contributed by atoms with Gasteiger partial charge in [-0.15, -0.1) is 0 Å². The summed E-state index contributed by atoms with van der Waals surface area (Å²) in [5, 5.41) is 0. The number of ether oxygens (including phenoxy) is 1. The molecule has 0 aromatic carbocycles. The van der Waals surface area contributed by atoms with Crippen LogP contribution in [0.3, 0.4) is 0 Å². The largest absolute Gasteiger partial charge is 0.450 e. The Balaban J connectivity index is 2.64. The third kappa shape index (κ3) is 2.36. The molecule has 1 aliphatic heterocycles. The van der Waals surface area contributed by atoms with Gasteiger partial charge in [0.1, 0.15) is 6.17 Å². The van der Waals surface area contributed by atoms with Crippen LogP contribution in [0.4, 0.5) is 9.18 Å². The van der Waals surface area contributed by atoms with E-state index in [2.05, 4.69) is 0 Å². The molecule has 0 aromatic rings. The van der Waals surface area contributed by atoms with E-state index in [1.54, 1.807) is 11.8 Å². The second kappa shape index (κ2) is 4.15. The first kappa shape index (κ1) is 11.3. The number of hydrogen-bond acceptors (Lipinski definition) is 2. The number of halogens is 1. The third-order valence-electron chi connectivity index (χ3n) is 2.61. The minimum atomic E-state index is -0.796. The fourth-order valence-corrected chi connectivity index (χ4v) is 1.87. The standard InChI is InChI=1S/C10H18FNO2/c1-4-14-9(13)12-6-5-8(11)7-10(12,2)3/h8H,4-7H2,1-3H3. The van der Waals surface area contributed by atoms with Gasteiger partial charge in [0.2, 0.25) is 0 Å². The Kier molecular flexibility index (Phi) is 3.34. The van der Waals surface area contributed by atoms with E-state index in [1.807, 2.05) is 13.8 Å². The van der Waals surface area contributed by atoms with Gasteiger partial charge in [0.25, 0.3) is 0 Å². The molecular weight excluding hydrogens is 185 g/mol. The van der Waals surface area contributed by atoms with Crippen LogP contribution in [-0.4, -0.2) is 35.9 Å². The van der Waals surface area contributed by atoms with Gasteiger partial charge in [-0.1, -0.05) is 0 Å². The van der Waals surface area contributed by atoms with E-state index in [1.165, 1.54) is 0 Å². The van der Waals surface area contributed by atoms with Crippen molar-refractivity contribution in [2.75, 3.05) is 13.2 Å². The van der Waals surface area contributed by atoms with Gasteiger partial charge in [-0.25, -0.2) is 9.18 Å². The summed E-state index contributed by atoms with van der Waals surface area (Å²) < 4.78 is 18.0. The average Bonchev–Trinajstić information content (AvgIpc) is 2.01. The Morgan fingerprint density at radius 1 is 1.64 bits per heavy atom. The summed E-state index contributed by atoms with van der Waals surface area (Å²) in [5.74, 6) is 0. The molecule has 1 atom stereocenters. The lowest BCUT2D eigenvalue weighted by Crippen LogP contribution is -2.53. The van der Waals surface area contributed by atoms with Crippen LogP contribution in [0.5, 0.6) is 0 Å². The lowest BCUT2D eigenvalue weighted by Gasteiger charge is -2.42. The quantitative estimate of drug-likeness (QED) is 0.654. The highest BCUT2D eigenvalue weighted by molar-refractivity contribution is 5.68. The highest BCUT2D eigenvalue weighted by Crippen LogP contribution is 2.29. The highest BCUT2D eigenvalue weighted by atomic mass is 19.1. The fraction of sp³-hybridized carbons (Fsp3) is 0.900. The zero-order valence-corrected chi connectivity index (χ0v) is 9.05. The molecule has 0 aromatic heterocycles. The van der Waals surface area contributed by atoms with Crippen LogP contribution in [0.25, 0.3) is 0 Å². The minimum absolute atomic E-state index is 0.329. The molecule has 0 bridgehead atoms. The fourth-order valence-electron chi connectivity index (χ4n) is 1.87. The molecular formula is C10H18FNO2. The molecule has 0 radical (unpaired) electrons. The molecule has 1 rings (SSSR count). The summed E-state index contributed by atoms with van der Waals surface area (Å²) >= 11 is 0. The number of alkyl halides is 1. The molecule has 4 heteroatoms. The normalized spacial score (nSPS) is 26.0. The van der Waals surface area contributed by atoms with E-state index in [4.69, 9.17) is 4.74 Å². The number of carbonyl (C=O) groups excluding carboxylic acids is 1. The Labute approximate surface area is 84.2 Å². The van der Waals surface area contributed by atoms with E-state index in [-0.39, 0.29) is 6.09 Å². The van der Waals surface area contributed by atoms with Gasteiger partial charge in [0, 0.05) is 18.5 Å². The predicted octanol–water partition coefficient (Wildman–Crippen LogP) is 2.36. The van der Waals surface area contributed by atoms with Crippen molar-refractivity contribution in [3.63, 3.8) is 0 Å². The lowest BCUT2D eigenvalue weighted by molar-refractivity contribution is 0.0217. The third-order valence-corrected chi connectivity index (χ3v) is 2.61. The summed E-state index contributed by atoms with van der Waals surface area (Å²) in [4.78, 5) is 13.1. The van der Waals surface area contributed by atoms with Crippen molar-refractivity contribution in [1.29, 1.82) is 0 Å².